The second-order valence-electron chi connectivity index (χ2n) is 21.5. The van der Waals surface area contributed by atoms with E-state index in [0.717, 1.165) is 106 Å². The van der Waals surface area contributed by atoms with Gasteiger partial charge in [0.15, 0.2) is 0 Å². The van der Waals surface area contributed by atoms with Crippen molar-refractivity contribution < 1.29 is 14.4 Å². The molecule has 3 heterocycles. The van der Waals surface area contributed by atoms with E-state index in [2.05, 4.69) is 42.6 Å². The molecule has 3 aromatic heterocycles. The molecule has 0 aliphatic rings. The Morgan fingerprint density at radius 1 is 0.381 bits per heavy atom. The van der Waals surface area contributed by atoms with Gasteiger partial charge in [0.1, 0.15) is 0 Å². The Balaban J connectivity index is 0.000000181. The van der Waals surface area contributed by atoms with Crippen LogP contribution in [0.1, 0.15) is 95.1 Å². The standard InChI is InChI=1S/2C25H27ClN2O.C22H21ClN2O/c2*1-18(2)24(16-15-21-14-13-20(26)17-27-21)28(3)25(29)23-12-8-7-11-22(23)19-9-5-4-6-10-19;1-25(15-7-10-19-14-13-18(23)16-24-19)22(26)21-12-6-5-11-20(21)17-8-3-2-4-9-17/h2*4-14,17-18,24H,15-16H2,1-3H3;2-6,8-9,11-14,16H,7,10,15H2,1H3/t2*24-;/m10./s1. The fourth-order valence-electron chi connectivity index (χ4n) is 10.3. The quantitative estimate of drug-likeness (QED) is 0.0754. The summed E-state index contributed by atoms with van der Waals surface area (Å²) in [5.74, 6) is 0.799. The highest BCUT2D eigenvalue weighted by Gasteiger charge is 2.27. The van der Waals surface area contributed by atoms with Crippen molar-refractivity contribution in [3.8, 4) is 33.4 Å². The number of aromatic nitrogens is 3. The summed E-state index contributed by atoms with van der Waals surface area (Å²) in [7, 11) is 5.66. The van der Waals surface area contributed by atoms with E-state index in [0.29, 0.717) is 33.4 Å². The van der Waals surface area contributed by atoms with Crippen molar-refractivity contribution in [3.63, 3.8) is 0 Å². The van der Waals surface area contributed by atoms with E-state index < -0.39 is 0 Å². The lowest BCUT2D eigenvalue weighted by Gasteiger charge is -2.32. The first-order chi connectivity index (χ1) is 40.6. The fraction of sp³-hybridized carbons (Fsp3) is 0.250. The number of pyridine rings is 3. The third-order valence-corrected chi connectivity index (χ3v) is 15.6. The summed E-state index contributed by atoms with van der Waals surface area (Å²) in [5, 5.41) is 1.91. The molecule has 2 atom stereocenters. The van der Waals surface area contributed by atoms with Gasteiger partial charge in [-0.2, -0.15) is 0 Å². The first-order valence-corrected chi connectivity index (χ1v) is 29.8. The molecule has 0 radical (unpaired) electrons. The molecule has 9 nitrogen and oxygen atoms in total. The van der Waals surface area contributed by atoms with Gasteiger partial charge in [0.2, 0.25) is 0 Å². The number of carbonyl (C=O) groups excluding carboxylic acids is 3. The third-order valence-electron chi connectivity index (χ3n) is 14.9. The Kier molecular flexibility index (Phi) is 24.4. The van der Waals surface area contributed by atoms with Gasteiger partial charge in [0, 0.05) is 92.1 Å². The van der Waals surface area contributed by atoms with Crippen LogP contribution in [0, 0.1) is 11.8 Å². The van der Waals surface area contributed by atoms with E-state index in [1.54, 1.807) is 23.5 Å². The first kappa shape index (κ1) is 63.6. The molecule has 6 aromatic carbocycles. The summed E-state index contributed by atoms with van der Waals surface area (Å²) in [4.78, 5) is 58.4. The predicted octanol–water partition coefficient (Wildman–Crippen LogP) is 17.4. The Hall–Kier alpha value is -7.95. The van der Waals surface area contributed by atoms with Gasteiger partial charge in [-0.05, 0) is 138 Å². The molecular formula is C72H75Cl3N6O3. The summed E-state index contributed by atoms with van der Waals surface area (Å²) in [5.41, 5.74) is 11.2. The van der Waals surface area contributed by atoms with Crippen molar-refractivity contribution in [2.75, 3.05) is 27.7 Å². The maximum Gasteiger partial charge on any atom is 0.254 e. The Morgan fingerprint density at radius 2 is 0.679 bits per heavy atom. The molecule has 0 spiro atoms. The van der Waals surface area contributed by atoms with Gasteiger partial charge in [-0.1, -0.05) is 208 Å². The van der Waals surface area contributed by atoms with Crippen LogP contribution < -0.4 is 0 Å². The highest BCUT2D eigenvalue weighted by Crippen LogP contribution is 2.30. The smallest absolute Gasteiger partial charge is 0.254 e. The van der Waals surface area contributed by atoms with Gasteiger partial charge in [-0.15, -0.1) is 0 Å². The summed E-state index contributed by atoms with van der Waals surface area (Å²) in [6.07, 6.45) is 9.97. The number of aryl methyl sites for hydroxylation is 3. The van der Waals surface area contributed by atoms with Gasteiger partial charge in [-0.3, -0.25) is 29.3 Å². The maximum atomic E-state index is 13.4. The summed E-state index contributed by atoms with van der Waals surface area (Å²) < 4.78 is 0. The molecule has 0 N–H and O–H groups in total. The minimum Gasteiger partial charge on any atom is -0.342 e. The lowest BCUT2D eigenvalue weighted by atomic mass is 9.94. The second-order valence-corrected chi connectivity index (χ2v) is 22.8. The molecule has 84 heavy (non-hydrogen) atoms. The van der Waals surface area contributed by atoms with E-state index in [1.165, 1.54) is 0 Å². The van der Waals surface area contributed by atoms with Crippen molar-refractivity contribution in [3.05, 3.63) is 268 Å². The third kappa shape index (κ3) is 18.3. The minimum atomic E-state index is 0.0357. The van der Waals surface area contributed by atoms with Crippen LogP contribution in [0.2, 0.25) is 15.1 Å². The van der Waals surface area contributed by atoms with Crippen molar-refractivity contribution in [2.24, 2.45) is 11.8 Å². The first-order valence-electron chi connectivity index (χ1n) is 28.6. The normalized spacial score (nSPS) is 11.6. The molecule has 9 rings (SSSR count). The molecule has 3 amide bonds. The Bertz CT molecular complexity index is 3320. The van der Waals surface area contributed by atoms with Gasteiger partial charge in [-0.25, -0.2) is 0 Å². The van der Waals surface area contributed by atoms with Crippen LogP contribution in [-0.2, 0) is 19.3 Å². The topological polar surface area (TPSA) is 99.6 Å². The van der Waals surface area contributed by atoms with Crippen LogP contribution in [0.15, 0.2) is 219 Å². The molecule has 0 aliphatic heterocycles. The van der Waals surface area contributed by atoms with Crippen LogP contribution in [-0.4, -0.2) is 87.1 Å². The highest BCUT2D eigenvalue weighted by molar-refractivity contribution is 6.31. The van der Waals surface area contributed by atoms with Gasteiger partial charge in [0.25, 0.3) is 17.7 Å². The molecule has 12 heteroatoms. The van der Waals surface area contributed by atoms with Gasteiger partial charge < -0.3 is 14.7 Å². The lowest BCUT2D eigenvalue weighted by molar-refractivity contribution is 0.0672. The molecule has 0 fully saturated rings. The number of amides is 3. The molecule has 0 bridgehead atoms. The van der Waals surface area contributed by atoms with Gasteiger partial charge >= 0.3 is 0 Å². The number of hydrogen-bond donors (Lipinski definition) is 0. The fourth-order valence-corrected chi connectivity index (χ4v) is 10.6. The molecule has 0 saturated carbocycles. The van der Waals surface area contributed by atoms with Crippen molar-refractivity contribution in [1.29, 1.82) is 0 Å². The average molecular weight is 1180 g/mol. The van der Waals surface area contributed by atoms with E-state index >= 15 is 0 Å². The van der Waals surface area contributed by atoms with Crippen LogP contribution in [0.3, 0.4) is 0 Å². The molecule has 432 valence electrons. The second kappa shape index (κ2) is 32.2. The zero-order valence-corrected chi connectivity index (χ0v) is 51.4. The van der Waals surface area contributed by atoms with E-state index in [-0.39, 0.29) is 29.8 Å². The number of nitrogens with zero attached hydrogens (tertiary/aromatic N) is 6. The summed E-state index contributed by atoms with van der Waals surface area (Å²) in [6, 6.07) is 65.2. The predicted molar refractivity (Wildman–Crippen MR) is 347 cm³/mol. The average Bonchev–Trinajstić information content (AvgIpc) is 3.61. The van der Waals surface area contributed by atoms with E-state index in [1.807, 2.05) is 231 Å². The van der Waals surface area contributed by atoms with Gasteiger partial charge in [0.05, 0.1) is 15.1 Å². The van der Waals surface area contributed by atoms with Crippen molar-refractivity contribution >= 4 is 52.5 Å². The zero-order chi connectivity index (χ0) is 60.0. The van der Waals surface area contributed by atoms with E-state index in [9.17, 15) is 14.4 Å². The number of carbonyl (C=O) groups is 3. The number of rotatable bonds is 20. The van der Waals surface area contributed by atoms with Crippen LogP contribution >= 0.6 is 34.8 Å². The number of halogens is 3. The van der Waals surface area contributed by atoms with Crippen molar-refractivity contribution in [2.45, 2.75) is 78.3 Å². The summed E-state index contributed by atoms with van der Waals surface area (Å²) in [6.45, 7) is 9.31. The van der Waals surface area contributed by atoms with E-state index in [4.69, 9.17) is 34.8 Å². The van der Waals surface area contributed by atoms with Crippen LogP contribution in [0.5, 0.6) is 0 Å². The highest BCUT2D eigenvalue weighted by atomic mass is 35.5. The minimum absolute atomic E-state index is 0.0357. The largest absolute Gasteiger partial charge is 0.342 e. The zero-order valence-electron chi connectivity index (χ0n) is 49.1. The maximum absolute atomic E-state index is 13.4. The Labute approximate surface area is 512 Å². The van der Waals surface area contributed by atoms with Crippen LogP contribution in [0.4, 0.5) is 0 Å². The van der Waals surface area contributed by atoms with Crippen LogP contribution in [0.25, 0.3) is 33.4 Å². The number of benzene rings is 6. The number of hydrogen-bond acceptors (Lipinski definition) is 6. The lowest BCUT2D eigenvalue weighted by Crippen LogP contribution is -2.41. The Morgan fingerprint density at radius 3 is 0.988 bits per heavy atom. The molecular weight excluding hydrogens is 1100 g/mol. The van der Waals surface area contributed by atoms with Crippen molar-refractivity contribution in [1.82, 2.24) is 29.7 Å². The molecule has 0 aliphatic carbocycles. The molecule has 0 unspecified atom stereocenters. The molecule has 9 aromatic rings. The SMILES string of the molecule is CC(C)[C@@H](CCc1ccc(Cl)cn1)N(C)C(=O)c1ccccc1-c1ccccc1.CC(C)[C@H](CCc1ccc(Cl)cn1)N(C)C(=O)c1ccccc1-c1ccccc1.CN(CCCc1ccc(Cl)cn1)C(=O)c1ccccc1-c1ccccc1. The molecule has 0 saturated heterocycles. The monoisotopic (exact) mass is 1180 g/mol. The summed E-state index contributed by atoms with van der Waals surface area (Å²) >= 11 is 17.7.